The molecule has 1 aliphatic carbocycles. The predicted octanol–water partition coefficient (Wildman–Crippen LogP) is 1.44. The number of Topliss-reactive ketones (excluding diaryl/α,β-unsaturated/α-hetero) is 1. The zero-order valence-electron chi connectivity index (χ0n) is 9.29. The van der Waals surface area contributed by atoms with Crippen LogP contribution in [0.5, 0.6) is 0 Å². The molecule has 2 atom stereocenters. The number of carbonyl (C=O) groups is 2. The molecule has 3 aliphatic rings. The number of amides is 1. The van der Waals surface area contributed by atoms with Gasteiger partial charge in [-0.15, -0.1) is 5.73 Å². The van der Waals surface area contributed by atoms with Crippen molar-refractivity contribution in [2.45, 2.75) is 37.6 Å². The highest BCUT2D eigenvalue weighted by atomic mass is 16.2. The molecule has 0 aromatic carbocycles. The molecule has 2 aliphatic heterocycles. The fourth-order valence-corrected chi connectivity index (χ4v) is 3.51. The van der Waals surface area contributed by atoms with Crippen LogP contribution < -0.4 is 0 Å². The van der Waals surface area contributed by atoms with E-state index in [1.165, 1.54) is 0 Å². The lowest BCUT2D eigenvalue weighted by Gasteiger charge is -2.49. The van der Waals surface area contributed by atoms with Gasteiger partial charge in [-0.1, -0.05) is 6.58 Å². The molecule has 16 heavy (non-hydrogen) atoms. The van der Waals surface area contributed by atoms with Gasteiger partial charge in [0.1, 0.15) is 5.78 Å². The van der Waals surface area contributed by atoms with Gasteiger partial charge in [0.25, 0.3) is 0 Å². The average molecular weight is 217 g/mol. The molecule has 0 aromatic heterocycles. The second kappa shape index (κ2) is 3.08. The monoisotopic (exact) mass is 217 g/mol. The number of hydrogen-bond donors (Lipinski definition) is 0. The van der Waals surface area contributed by atoms with E-state index in [0.29, 0.717) is 25.2 Å². The summed E-state index contributed by atoms with van der Waals surface area (Å²) >= 11 is 0. The molecular weight excluding hydrogens is 202 g/mol. The maximum absolute atomic E-state index is 11.8. The van der Waals surface area contributed by atoms with E-state index in [1.54, 1.807) is 0 Å². The molecule has 0 unspecified atom stereocenters. The Morgan fingerprint density at radius 3 is 2.81 bits per heavy atom. The summed E-state index contributed by atoms with van der Waals surface area (Å²) in [7, 11) is 0. The van der Waals surface area contributed by atoms with Crippen LogP contribution in [0.4, 0.5) is 0 Å². The van der Waals surface area contributed by atoms with Crippen molar-refractivity contribution in [1.29, 1.82) is 0 Å². The molecular formula is C13H15NO2. The maximum atomic E-state index is 11.8. The van der Waals surface area contributed by atoms with Crippen LogP contribution in [0.2, 0.25) is 0 Å². The highest BCUT2D eigenvalue weighted by molar-refractivity contribution is 5.88. The molecule has 2 heterocycles. The van der Waals surface area contributed by atoms with Gasteiger partial charge in [0, 0.05) is 24.0 Å². The summed E-state index contributed by atoms with van der Waals surface area (Å²) in [4.78, 5) is 25.7. The lowest BCUT2D eigenvalue weighted by Crippen LogP contribution is -2.56. The number of hydrogen-bond acceptors (Lipinski definition) is 2. The van der Waals surface area contributed by atoms with E-state index >= 15 is 0 Å². The van der Waals surface area contributed by atoms with Gasteiger partial charge in [-0.2, -0.15) is 0 Å². The molecule has 0 aromatic rings. The van der Waals surface area contributed by atoms with Gasteiger partial charge >= 0.3 is 0 Å². The van der Waals surface area contributed by atoms with Gasteiger partial charge in [0.2, 0.25) is 5.91 Å². The van der Waals surface area contributed by atoms with Crippen molar-refractivity contribution < 1.29 is 9.59 Å². The predicted molar refractivity (Wildman–Crippen MR) is 58.7 cm³/mol. The van der Waals surface area contributed by atoms with Gasteiger partial charge in [0.15, 0.2) is 0 Å². The standard InChI is InChI=1S/C13H15NO2/c1-2-9-8-14-12(16)4-6-13(14)5-3-11(15)10(9)7-13/h10H,1,3-8H2/t10-,13-/m0/s1. The summed E-state index contributed by atoms with van der Waals surface area (Å²) in [5.41, 5.74) is 3.79. The molecule has 1 amide bonds. The molecule has 3 heteroatoms. The minimum Gasteiger partial charge on any atom is -0.332 e. The minimum absolute atomic E-state index is 0.00396. The fourth-order valence-electron chi connectivity index (χ4n) is 3.51. The lowest BCUT2D eigenvalue weighted by atomic mass is 9.68. The van der Waals surface area contributed by atoms with Crippen LogP contribution in [0, 0.1) is 5.92 Å². The quantitative estimate of drug-likeness (QED) is 0.576. The number of fused-ring (bicyclic) bond motifs is 1. The number of carbonyl (C=O) groups excluding carboxylic acids is 2. The first kappa shape index (κ1) is 9.86. The Bertz CT molecular complexity index is 433. The molecule has 1 saturated carbocycles. The molecule has 0 N–H and O–H groups in total. The number of rotatable bonds is 0. The first-order chi connectivity index (χ1) is 7.66. The van der Waals surface area contributed by atoms with E-state index in [4.69, 9.17) is 0 Å². The highest BCUT2D eigenvalue weighted by Crippen LogP contribution is 2.48. The van der Waals surface area contributed by atoms with Crippen LogP contribution >= 0.6 is 0 Å². The van der Waals surface area contributed by atoms with E-state index in [1.807, 2.05) is 4.90 Å². The molecule has 3 nitrogen and oxygen atoms in total. The van der Waals surface area contributed by atoms with Crippen LogP contribution in [-0.4, -0.2) is 28.7 Å². The number of piperidine rings is 1. The largest absolute Gasteiger partial charge is 0.332 e. The van der Waals surface area contributed by atoms with Gasteiger partial charge in [-0.3, -0.25) is 9.59 Å². The third-order valence-corrected chi connectivity index (χ3v) is 4.46. The second-order valence-electron chi connectivity index (χ2n) is 5.13. The molecule has 2 bridgehead atoms. The number of ketones is 1. The third-order valence-electron chi connectivity index (χ3n) is 4.46. The van der Waals surface area contributed by atoms with Crippen molar-refractivity contribution in [2.75, 3.05) is 6.54 Å². The van der Waals surface area contributed by atoms with Crippen LogP contribution in [0.25, 0.3) is 0 Å². The maximum Gasteiger partial charge on any atom is 0.223 e. The van der Waals surface area contributed by atoms with Crippen LogP contribution in [-0.2, 0) is 9.59 Å². The first-order valence-corrected chi connectivity index (χ1v) is 5.88. The summed E-state index contributed by atoms with van der Waals surface area (Å²) in [5, 5.41) is 0. The Kier molecular flexibility index (Phi) is 1.90. The summed E-state index contributed by atoms with van der Waals surface area (Å²) < 4.78 is 0. The smallest absolute Gasteiger partial charge is 0.223 e. The summed E-state index contributed by atoms with van der Waals surface area (Å²) in [6, 6.07) is 0. The zero-order chi connectivity index (χ0) is 11.3. The van der Waals surface area contributed by atoms with Gasteiger partial charge < -0.3 is 4.90 Å². The van der Waals surface area contributed by atoms with Crippen molar-refractivity contribution in [3.63, 3.8) is 0 Å². The normalized spacial score (nSPS) is 37.4. The van der Waals surface area contributed by atoms with Gasteiger partial charge in [-0.25, -0.2) is 0 Å². The van der Waals surface area contributed by atoms with Gasteiger partial charge in [-0.05, 0) is 19.3 Å². The van der Waals surface area contributed by atoms with Crippen LogP contribution in [0.15, 0.2) is 17.9 Å². The minimum atomic E-state index is -0.00611. The third kappa shape index (κ3) is 1.09. The van der Waals surface area contributed by atoms with Crippen LogP contribution in [0.3, 0.4) is 0 Å². The Labute approximate surface area is 94.8 Å². The average Bonchev–Trinajstić information content (AvgIpc) is 2.61. The Hall–Kier alpha value is -1.34. The van der Waals surface area contributed by atoms with Crippen molar-refractivity contribution >= 4 is 11.7 Å². The van der Waals surface area contributed by atoms with Crippen molar-refractivity contribution in [3.8, 4) is 0 Å². The Balaban J connectivity index is 2.04. The summed E-state index contributed by atoms with van der Waals surface area (Å²) in [6.07, 6.45) is 3.86. The molecule has 2 saturated heterocycles. The fraction of sp³-hybridized carbons (Fsp3) is 0.615. The first-order valence-electron chi connectivity index (χ1n) is 5.88. The van der Waals surface area contributed by atoms with Crippen molar-refractivity contribution in [2.24, 2.45) is 5.92 Å². The Morgan fingerprint density at radius 1 is 1.31 bits per heavy atom. The van der Waals surface area contributed by atoms with Crippen LogP contribution in [0.1, 0.15) is 32.1 Å². The van der Waals surface area contributed by atoms with E-state index in [-0.39, 0.29) is 17.4 Å². The lowest BCUT2D eigenvalue weighted by molar-refractivity contribution is -0.138. The van der Waals surface area contributed by atoms with Gasteiger partial charge in [0.05, 0.1) is 12.5 Å². The number of nitrogens with zero attached hydrogens (tertiary/aromatic N) is 1. The van der Waals surface area contributed by atoms with Crippen molar-refractivity contribution in [3.05, 3.63) is 17.9 Å². The summed E-state index contributed by atoms with van der Waals surface area (Å²) in [6.45, 7) is 4.23. The molecule has 84 valence electrons. The topological polar surface area (TPSA) is 37.4 Å². The molecule has 0 radical (unpaired) electrons. The SMILES string of the molecule is C=C=C1CN2C(=O)CC[C@]23CCC(=O)[C@H]1C3. The second-order valence-corrected chi connectivity index (χ2v) is 5.13. The molecule has 1 spiro atoms. The van der Waals surface area contributed by atoms with E-state index in [0.717, 1.165) is 24.8 Å². The van der Waals surface area contributed by atoms with E-state index in [2.05, 4.69) is 12.3 Å². The van der Waals surface area contributed by atoms with Crippen molar-refractivity contribution in [1.82, 2.24) is 4.90 Å². The molecule has 3 fully saturated rings. The van der Waals surface area contributed by atoms with E-state index < -0.39 is 0 Å². The molecule has 3 rings (SSSR count). The Morgan fingerprint density at radius 2 is 2.06 bits per heavy atom. The highest BCUT2D eigenvalue weighted by Gasteiger charge is 2.54. The van der Waals surface area contributed by atoms with E-state index in [9.17, 15) is 9.59 Å². The zero-order valence-corrected chi connectivity index (χ0v) is 9.29. The summed E-state index contributed by atoms with van der Waals surface area (Å²) in [5.74, 6) is 0.546.